The third kappa shape index (κ3) is 8.36. The summed E-state index contributed by atoms with van der Waals surface area (Å²) < 4.78 is 9.64. The van der Waals surface area contributed by atoms with E-state index in [4.69, 9.17) is 14.5 Å². The lowest BCUT2D eigenvalue weighted by Crippen LogP contribution is -2.53. The Morgan fingerprint density at radius 3 is 1.64 bits per heavy atom. The van der Waals surface area contributed by atoms with Gasteiger partial charge in [-0.05, 0) is 120 Å². The molecule has 2 aromatic carbocycles. The van der Waals surface area contributed by atoms with Crippen molar-refractivity contribution in [1.29, 1.82) is 0 Å². The Balaban J connectivity index is 1.01. The first kappa shape index (κ1) is 41.0. The van der Waals surface area contributed by atoms with Crippen molar-refractivity contribution in [3.05, 3.63) is 82.6 Å². The standard InChI is InChI=1S/C47H59N5O6/c1-28(2)42(49-46(55)57-5)44(53)51-23-9-13-40(51)38-26-37(35-11-7-8-12-36(35)38)33-21-19-31(20-22-33)30-15-17-32(18-16-30)34-25-39(48-27-34)41-14-10-24-52(41)45(54)43(29(3)4)50-47(56)58-6/h15-22,27-29,40-43H,7-14,23-26H2,1-6H3,(H,49,55)(H,50,56)/t40-,41-,42-,43-/m0/s1. The maximum Gasteiger partial charge on any atom is 0.407 e. The van der Waals surface area contributed by atoms with Gasteiger partial charge in [-0.25, -0.2) is 9.59 Å². The summed E-state index contributed by atoms with van der Waals surface area (Å²) in [6, 6.07) is 16.3. The number of alkyl carbamates (subject to hydrolysis) is 2. The topological polar surface area (TPSA) is 130 Å². The Bertz CT molecular complexity index is 2030. The van der Waals surface area contributed by atoms with Crippen LogP contribution in [0.2, 0.25) is 0 Å². The summed E-state index contributed by atoms with van der Waals surface area (Å²) in [6.45, 7) is 9.12. The average molecular weight is 790 g/mol. The first-order valence-corrected chi connectivity index (χ1v) is 21.2. The number of carbonyl (C=O) groups is 4. The van der Waals surface area contributed by atoms with Gasteiger partial charge in [0.25, 0.3) is 0 Å². The lowest BCUT2D eigenvalue weighted by Gasteiger charge is -2.32. The van der Waals surface area contributed by atoms with Crippen LogP contribution in [0.3, 0.4) is 0 Å². The predicted octanol–water partition coefficient (Wildman–Crippen LogP) is 8.31. The van der Waals surface area contributed by atoms with Crippen molar-refractivity contribution in [2.24, 2.45) is 16.8 Å². The van der Waals surface area contributed by atoms with Crippen LogP contribution in [0.15, 0.2) is 76.4 Å². The molecule has 11 nitrogen and oxygen atoms in total. The molecule has 7 rings (SSSR count). The molecular formula is C47H59N5O6. The smallest absolute Gasteiger partial charge is 0.407 e. The number of hydrogen-bond donors (Lipinski definition) is 2. The molecule has 3 fully saturated rings. The average Bonchev–Trinajstić information content (AvgIpc) is 4.07. The van der Waals surface area contributed by atoms with Crippen molar-refractivity contribution < 1.29 is 28.7 Å². The number of nitrogens with zero attached hydrogens (tertiary/aromatic N) is 3. The van der Waals surface area contributed by atoms with Crippen LogP contribution in [0, 0.1) is 11.8 Å². The van der Waals surface area contributed by atoms with Crippen LogP contribution in [0.4, 0.5) is 9.59 Å². The van der Waals surface area contributed by atoms with E-state index < -0.39 is 24.3 Å². The monoisotopic (exact) mass is 789 g/mol. The second-order valence-corrected chi connectivity index (χ2v) is 17.0. The highest BCUT2D eigenvalue weighted by Crippen LogP contribution is 2.49. The van der Waals surface area contributed by atoms with Gasteiger partial charge in [0.1, 0.15) is 12.1 Å². The van der Waals surface area contributed by atoms with Crippen LogP contribution in [0.25, 0.3) is 22.3 Å². The van der Waals surface area contributed by atoms with Crippen LogP contribution in [-0.2, 0) is 19.1 Å². The number of benzene rings is 2. The largest absolute Gasteiger partial charge is 0.453 e. The molecule has 4 amide bonds. The zero-order valence-electron chi connectivity index (χ0n) is 34.9. The Hall–Kier alpha value is -5.19. The van der Waals surface area contributed by atoms with Gasteiger partial charge in [-0.2, -0.15) is 0 Å². The Morgan fingerprint density at radius 2 is 1.10 bits per heavy atom. The van der Waals surface area contributed by atoms with Crippen LogP contribution in [-0.4, -0.2) is 91.0 Å². The summed E-state index contributed by atoms with van der Waals surface area (Å²) in [4.78, 5) is 60.4. The maximum atomic E-state index is 13.9. The van der Waals surface area contributed by atoms with Crippen LogP contribution >= 0.6 is 0 Å². The molecule has 11 heteroatoms. The van der Waals surface area contributed by atoms with Gasteiger partial charge in [0, 0.05) is 31.4 Å². The van der Waals surface area contributed by atoms with Gasteiger partial charge in [-0.3, -0.25) is 14.6 Å². The van der Waals surface area contributed by atoms with Gasteiger partial charge in [0.15, 0.2) is 0 Å². The molecule has 1 saturated carbocycles. The van der Waals surface area contributed by atoms with Gasteiger partial charge >= 0.3 is 12.2 Å². The number of hydrogen-bond acceptors (Lipinski definition) is 7. The van der Waals surface area contributed by atoms with Crippen molar-refractivity contribution in [3.63, 3.8) is 0 Å². The second kappa shape index (κ2) is 17.7. The van der Waals surface area contributed by atoms with Crippen molar-refractivity contribution >= 4 is 40.9 Å². The molecule has 3 aliphatic heterocycles. The number of allylic oxidation sites excluding steroid dienone is 4. The number of rotatable bonds is 11. The van der Waals surface area contributed by atoms with Gasteiger partial charge in [-0.15, -0.1) is 0 Å². The van der Waals surface area contributed by atoms with E-state index in [0.717, 1.165) is 72.9 Å². The fourth-order valence-corrected chi connectivity index (χ4v) is 9.69. The van der Waals surface area contributed by atoms with E-state index in [2.05, 4.69) is 59.2 Å². The zero-order chi connectivity index (χ0) is 41.1. The highest BCUT2D eigenvalue weighted by molar-refractivity contribution is 6.04. The molecule has 2 saturated heterocycles. The molecule has 0 radical (unpaired) electrons. The number of ether oxygens (including phenoxy) is 2. The summed E-state index contributed by atoms with van der Waals surface area (Å²) >= 11 is 0. The molecule has 2 aromatic rings. The van der Waals surface area contributed by atoms with E-state index in [1.807, 2.05) is 43.7 Å². The first-order chi connectivity index (χ1) is 28.0. The molecule has 0 bridgehead atoms. The Kier molecular flexibility index (Phi) is 12.5. The van der Waals surface area contributed by atoms with Gasteiger partial charge in [0.2, 0.25) is 11.8 Å². The minimum absolute atomic E-state index is 0.0204. The second-order valence-electron chi connectivity index (χ2n) is 17.0. The van der Waals surface area contributed by atoms with E-state index in [9.17, 15) is 19.2 Å². The maximum absolute atomic E-state index is 13.9. The molecule has 2 N–H and O–H groups in total. The molecule has 3 heterocycles. The fraction of sp³-hybridized carbons (Fsp3) is 0.511. The normalized spacial score (nSPS) is 21.6. The van der Waals surface area contributed by atoms with E-state index in [1.54, 1.807) is 0 Å². The van der Waals surface area contributed by atoms with E-state index in [1.165, 1.54) is 54.9 Å². The zero-order valence-corrected chi connectivity index (χ0v) is 34.9. The molecule has 58 heavy (non-hydrogen) atoms. The summed E-state index contributed by atoms with van der Waals surface area (Å²) in [5, 5.41) is 5.53. The van der Waals surface area contributed by atoms with Crippen LogP contribution < -0.4 is 10.6 Å². The van der Waals surface area contributed by atoms with Crippen LogP contribution in [0.1, 0.15) is 103 Å². The lowest BCUT2D eigenvalue weighted by molar-refractivity contribution is -0.135. The number of aliphatic imine (C=N–C) groups is 1. The molecule has 0 unspecified atom stereocenters. The molecule has 308 valence electrons. The minimum atomic E-state index is -0.652. The molecule has 5 aliphatic rings. The summed E-state index contributed by atoms with van der Waals surface area (Å²) in [5.74, 6) is -0.244. The summed E-state index contributed by atoms with van der Waals surface area (Å²) in [7, 11) is 2.64. The highest BCUT2D eigenvalue weighted by Gasteiger charge is 2.41. The van der Waals surface area contributed by atoms with Crippen LogP contribution in [0.5, 0.6) is 0 Å². The molecule has 4 atom stereocenters. The van der Waals surface area contributed by atoms with E-state index in [-0.39, 0.29) is 35.7 Å². The predicted molar refractivity (Wildman–Crippen MR) is 227 cm³/mol. The third-order valence-electron chi connectivity index (χ3n) is 12.8. The highest BCUT2D eigenvalue weighted by atomic mass is 16.5. The number of fused-ring (bicyclic) bond motifs is 1. The minimum Gasteiger partial charge on any atom is -0.453 e. The van der Waals surface area contributed by atoms with Gasteiger partial charge < -0.3 is 29.9 Å². The fourth-order valence-electron chi connectivity index (χ4n) is 9.69. The molecule has 0 aromatic heterocycles. The van der Waals surface area contributed by atoms with Crippen molar-refractivity contribution in [3.8, 4) is 11.1 Å². The number of likely N-dealkylation sites (tertiary alicyclic amines) is 2. The number of carbonyl (C=O) groups excluding carboxylic acids is 4. The molecular weight excluding hydrogens is 731 g/mol. The number of methoxy groups -OCH3 is 2. The van der Waals surface area contributed by atoms with E-state index in [0.29, 0.717) is 19.5 Å². The molecule has 2 aliphatic carbocycles. The summed E-state index contributed by atoms with van der Waals surface area (Å²) in [5.41, 5.74) is 12.5. The first-order valence-electron chi connectivity index (χ1n) is 21.2. The SMILES string of the molecule is COC(=O)N[C@H](C(=O)N1CCC[C@H]1C1=NC=C(c2ccc(-c3ccc(C4=C5CCCCC5=C([C@@H]5CCCN5C(=O)[C@@H](NC(=O)OC)C(C)C)C4)cc3)cc2)C1)C(C)C. The summed E-state index contributed by atoms with van der Waals surface area (Å²) in [6.07, 6.45) is 10.4. The lowest BCUT2D eigenvalue weighted by atomic mass is 9.86. The van der Waals surface area contributed by atoms with Crippen molar-refractivity contribution in [2.45, 2.75) is 116 Å². The van der Waals surface area contributed by atoms with Crippen molar-refractivity contribution in [1.82, 2.24) is 20.4 Å². The Labute approximate surface area is 343 Å². The van der Waals surface area contributed by atoms with Gasteiger partial charge in [0.05, 0.1) is 26.3 Å². The number of amides is 4. The quantitative estimate of drug-likeness (QED) is 0.236. The van der Waals surface area contributed by atoms with E-state index >= 15 is 0 Å². The van der Waals surface area contributed by atoms with Gasteiger partial charge in [-0.1, -0.05) is 76.2 Å². The third-order valence-corrected chi connectivity index (χ3v) is 12.8. The Morgan fingerprint density at radius 1 is 0.621 bits per heavy atom. The van der Waals surface area contributed by atoms with Crippen molar-refractivity contribution in [2.75, 3.05) is 27.3 Å². The molecule has 0 spiro atoms. The number of nitrogens with one attached hydrogen (secondary N) is 2.